The molecular weight excluding hydrogens is 1000 g/mol. The van der Waals surface area contributed by atoms with Gasteiger partial charge in [0, 0.05) is 5.56 Å². The molecule has 4 aromatic rings. The van der Waals surface area contributed by atoms with Crippen LogP contribution in [0.5, 0.6) is 46.0 Å². The zero-order valence-electron chi connectivity index (χ0n) is 48.6. The molecule has 1 aliphatic heterocycles. The van der Waals surface area contributed by atoms with Gasteiger partial charge in [0.25, 0.3) is 0 Å². The van der Waals surface area contributed by atoms with Crippen molar-refractivity contribution in [2.75, 3.05) is 85.9 Å². The lowest BCUT2D eigenvalue weighted by atomic mass is 10.1. The lowest BCUT2D eigenvalue weighted by Gasteiger charge is -2.19. The van der Waals surface area contributed by atoms with Gasteiger partial charge in [-0.15, -0.1) is 5.11 Å². The Bertz CT molecular complexity index is 2340. The van der Waals surface area contributed by atoms with Crippen LogP contribution in [0, 0.1) is 0 Å². The number of nitrogens with zero attached hydrogens (tertiary/aromatic N) is 2. The van der Waals surface area contributed by atoms with Gasteiger partial charge in [-0.05, 0) is 92.3 Å². The summed E-state index contributed by atoms with van der Waals surface area (Å²) in [5, 5.41) is 9.42. The molecule has 0 fully saturated rings. The SMILES string of the molecule is CCCCCCOc1ccc(/C=C/c2ccc(N=Nc3ccc(OC(=O)c4ccc5c(c4)OCCOCCOCCOCCO5)c(OCCCCCC)c3OCCCCCC)cc2)c(OCCCCCC)c1OCCCCCC. The first-order chi connectivity index (χ1) is 39.0. The lowest BCUT2D eigenvalue weighted by molar-refractivity contribution is 0.00708. The minimum atomic E-state index is -0.607. The van der Waals surface area contributed by atoms with Crippen molar-refractivity contribution in [3.05, 3.63) is 83.4 Å². The molecule has 4 aromatic carbocycles. The first-order valence-corrected chi connectivity index (χ1v) is 30.0. The van der Waals surface area contributed by atoms with E-state index in [0.717, 1.165) is 119 Å². The van der Waals surface area contributed by atoms with Crippen LogP contribution in [-0.2, 0) is 14.2 Å². The Balaban J connectivity index is 1.41. The molecule has 0 atom stereocenters. The predicted molar refractivity (Wildman–Crippen MR) is 315 cm³/mol. The second-order valence-electron chi connectivity index (χ2n) is 19.8. The van der Waals surface area contributed by atoms with Crippen molar-refractivity contribution >= 4 is 29.5 Å². The predicted octanol–water partition coefficient (Wildman–Crippen LogP) is 17.1. The van der Waals surface area contributed by atoms with Crippen molar-refractivity contribution in [2.24, 2.45) is 10.2 Å². The molecule has 0 saturated heterocycles. The largest absolute Gasteiger partial charge is 0.490 e. The van der Waals surface area contributed by atoms with Crippen LogP contribution in [-0.4, -0.2) is 91.9 Å². The zero-order valence-corrected chi connectivity index (χ0v) is 48.6. The summed E-state index contributed by atoms with van der Waals surface area (Å²) in [7, 11) is 0. The number of carbonyl (C=O) groups is 1. The minimum absolute atomic E-state index is 0.209. The van der Waals surface area contributed by atoms with Crippen LogP contribution >= 0.6 is 0 Å². The number of unbranched alkanes of at least 4 members (excludes halogenated alkanes) is 15. The molecule has 0 bridgehead atoms. The van der Waals surface area contributed by atoms with Gasteiger partial charge in [0.15, 0.2) is 34.5 Å². The maximum Gasteiger partial charge on any atom is 0.343 e. The molecule has 1 heterocycles. The average molecular weight is 1100 g/mol. The first-order valence-electron chi connectivity index (χ1n) is 30.0. The summed E-state index contributed by atoms with van der Waals surface area (Å²) in [4.78, 5) is 14.1. The van der Waals surface area contributed by atoms with Gasteiger partial charge in [-0.3, -0.25) is 0 Å². The first kappa shape index (κ1) is 64.0. The number of esters is 1. The van der Waals surface area contributed by atoms with E-state index in [2.05, 4.69) is 58.0 Å². The Morgan fingerprint density at radius 3 is 1.44 bits per heavy atom. The number of hydrogen-bond donors (Lipinski definition) is 0. The van der Waals surface area contributed by atoms with Gasteiger partial charge >= 0.3 is 5.97 Å². The monoisotopic (exact) mass is 1090 g/mol. The quantitative estimate of drug-likeness (QED) is 0.0141. The summed E-state index contributed by atoms with van der Waals surface area (Å²) in [6.45, 7) is 16.7. The van der Waals surface area contributed by atoms with E-state index in [4.69, 9.17) is 57.2 Å². The third-order valence-corrected chi connectivity index (χ3v) is 13.1. The topological polar surface area (TPSA) is 143 Å². The van der Waals surface area contributed by atoms with Crippen molar-refractivity contribution in [3.63, 3.8) is 0 Å². The van der Waals surface area contributed by atoms with E-state index in [0.29, 0.717) is 119 Å². The second kappa shape index (κ2) is 40.4. The van der Waals surface area contributed by atoms with Crippen LogP contribution < -0.4 is 37.9 Å². The molecule has 14 nitrogen and oxygen atoms in total. The highest BCUT2D eigenvalue weighted by Gasteiger charge is 2.23. The molecule has 79 heavy (non-hydrogen) atoms. The molecule has 0 radical (unpaired) electrons. The molecule has 436 valence electrons. The summed E-state index contributed by atoms with van der Waals surface area (Å²) >= 11 is 0. The van der Waals surface area contributed by atoms with Crippen molar-refractivity contribution < 1.29 is 56.9 Å². The molecule has 1 aliphatic rings. The number of carbonyl (C=O) groups excluding carboxylic acids is 1. The number of ether oxygens (including phenoxy) is 11. The molecule has 0 amide bonds. The number of benzene rings is 4. The van der Waals surface area contributed by atoms with Gasteiger partial charge in [-0.2, -0.15) is 5.11 Å². The second-order valence-corrected chi connectivity index (χ2v) is 19.8. The lowest BCUT2D eigenvalue weighted by Crippen LogP contribution is -2.13. The standard InChI is InChI=1S/C65H94N2O12/c1-6-11-16-21-38-72-58-36-30-53(61(75-39-22-17-12-7-2)63(58)77-41-24-19-14-9-4)29-26-52-27-32-55(33-28-52)66-67-56-34-37-59(64(78-42-25-20-15-10-5)62(56)76-40-23-18-13-8-3)79-65(68)54-31-35-57-60(51-54)74-50-48-71-46-44-69-43-45-70-47-49-73-57/h26-37,51H,6-25,38-50H2,1-5H3/b29-26+,67-66?. The molecule has 0 N–H and O–H groups in total. The fourth-order valence-electron chi connectivity index (χ4n) is 8.52. The molecule has 0 saturated carbocycles. The fourth-order valence-corrected chi connectivity index (χ4v) is 8.52. The van der Waals surface area contributed by atoms with Crippen molar-refractivity contribution in [1.82, 2.24) is 0 Å². The van der Waals surface area contributed by atoms with Crippen LogP contribution in [0.15, 0.2) is 77.0 Å². The smallest absolute Gasteiger partial charge is 0.343 e. The Kier molecular flexibility index (Phi) is 32.7. The summed E-state index contributed by atoms with van der Waals surface area (Å²) < 4.78 is 67.6. The highest BCUT2D eigenvalue weighted by Crippen LogP contribution is 2.46. The van der Waals surface area contributed by atoms with Crippen LogP contribution in [0.3, 0.4) is 0 Å². The van der Waals surface area contributed by atoms with E-state index in [1.54, 1.807) is 30.3 Å². The van der Waals surface area contributed by atoms with Gasteiger partial charge in [-0.1, -0.05) is 155 Å². The summed E-state index contributed by atoms with van der Waals surface area (Å²) in [6, 6.07) is 20.4. The van der Waals surface area contributed by atoms with Gasteiger partial charge in [0.2, 0.25) is 11.5 Å². The highest BCUT2D eigenvalue weighted by molar-refractivity contribution is 5.92. The molecule has 0 spiro atoms. The molecule has 5 rings (SSSR count). The maximum atomic E-state index is 14.1. The van der Waals surface area contributed by atoms with Crippen molar-refractivity contribution in [2.45, 2.75) is 163 Å². The van der Waals surface area contributed by atoms with Gasteiger partial charge in [0.1, 0.15) is 18.9 Å². The average Bonchev–Trinajstić information content (AvgIpc) is 3.51. The third-order valence-electron chi connectivity index (χ3n) is 13.1. The van der Waals surface area contributed by atoms with Crippen LogP contribution in [0.4, 0.5) is 11.4 Å². The van der Waals surface area contributed by atoms with Crippen LogP contribution in [0.2, 0.25) is 0 Å². The third kappa shape index (κ3) is 24.6. The Morgan fingerprint density at radius 2 is 0.899 bits per heavy atom. The van der Waals surface area contributed by atoms with E-state index >= 15 is 0 Å². The zero-order chi connectivity index (χ0) is 55.8. The number of hydrogen-bond acceptors (Lipinski definition) is 14. The Labute approximate surface area is 473 Å². The molecule has 0 aromatic heterocycles. The number of rotatable bonds is 36. The van der Waals surface area contributed by atoms with Gasteiger partial charge < -0.3 is 52.1 Å². The highest BCUT2D eigenvalue weighted by atomic mass is 16.6. The van der Waals surface area contributed by atoms with Crippen LogP contribution in [0.1, 0.15) is 185 Å². The molecule has 14 heteroatoms. The van der Waals surface area contributed by atoms with Crippen LogP contribution in [0.25, 0.3) is 12.2 Å². The molecule has 0 unspecified atom stereocenters. The van der Waals surface area contributed by atoms with E-state index in [9.17, 15) is 4.79 Å². The minimum Gasteiger partial charge on any atom is -0.490 e. The van der Waals surface area contributed by atoms with E-state index in [1.807, 2.05) is 30.3 Å². The molecular formula is C65H94N2O12. The normalized spacial score (nSPS) is 13.5. The Hall–Kier alpha value is -5.83. The fraction of sp³-hybridized carbons (Fsp3) is 0.585. The van der Waals surface area contributed by atoms with E-state index in [-0.39, 0.29) is 17.9 Å². The van der Waals surface area contributed by atoms with Gasteiger partial charge in [-0.25, -0.2) is 4.79 Å². The summed E-state index contributed by atoms with van der Waals surface area (Å²) in [5.74, 6) is 3.27. The maximum absolute atomic E-state index is 14.1. The summed E-state index contributed by atoms with van der Waals surface area (Å²) in [5.41, 5.74) is 3.27. The van der Waals surface area contributed by atoms with Gasteiger partial charge in [0.05, 0.1) is 83.9 Å². The Morgan fingerprint density at radius 1 is 0.430 bits per heavy atom. The van der Waals surface area contributed by atoms with Crippen molar-refractivity contribution in [1.29, 1.82) is 0 Å². The number of fused-ring (bicyclic) bond motifs is 1. The number of azo groups is 1. The van der Waals surface area contributed by atoms with E-state index in [1.165, 1.54) is 32.1 Å². The summed E-state index contributed by atoms with van der Waals surface area (Å²) in [6.07, 6.45) is 25.5. The van der Waals surface area contributed by atoms with Crippen molar-refractivity contribution in [3.8, 4) is 46.0 Å². The molecule has 0 aliphatic carbocycles. The van der Waals surface area contributed by atoms with E-state index < -0.39 is 5.97 Å².